The molecule has 3 aliphatic rings. The van der Waals surface area contributed by atoms with Crippen LogP contribution in [0.3, 0.4) is 0 Å². The molecular weight excluding hydrogens is 568 g/mol. The Labute approximate surface area is 270 Å². The first kappa shape index (κ1) is 35.1. The second-order valence-corrected chi connectivity index (χ2v) is 14.6. The average Bonchev–Trinajstić information content (AvgIpc) is 2.99. The van der Waals surface area contributed by atoms with Gasteiger partial charge in [-0.15, -0.1) is 0 Å². The summed E-state index contributed by atoms with van der Waals surface area (Å²) in [5.41, 5.74) is 2.63. The molecule has 9 heteroatoms. The molecule has 3 saturated heterocycles. The fraction of sp³-hybridized carbons (Fsp3) is 0.694. The maximum absolute atomic E-state index is 12.6. The highest BCUT2D eigenvalue weighted by Crippen LogP contribution is 2.34. The number of rotatable bonds is 11. The van der Waals surface area contributed by atoms with Crippen LogP contribution in [0, 0.1) is 5.92 Å². The molecule has 0 spiro atoms. The third-order valence-corrected chi connectivity index (χ3v) is 9.94. The van der Waals surface area contributed by atoms with Gasteiger partial charge in [-0.3, -0.25) is 19.8 Å². The Bertz CT molecular complexity index is 1200. The van der Waals surface area contributed by atoms with E-state index >= 15 is 0 Å². The summed E-state index contributed by atoms with van der Waals surface area (Å²) in [5.74, 6) is 0.134. The van der Waals surface area contributed by atoms with Gasteiger partial charge in [0.05, 0.1) is 18.2 Å². The minimum atomic E-state index is -0.558. The van der Waals surface area contributed by atoms with E-state index in [1.165, 1.54) is 24.0 Å². The zero-order valence-corrected chi connectivity index (χ0v) is 28.5. The number of benzene rings is 1. The maximum atomic E-state index is 12.6. The van der Waals surface area contributed by atoms with Crippen molar-refractivity contribution in [2.75, 3.05) is 32.8 Å². The topological polar surface area (TPSA) is 100 Å². The van der Waals surface area contributed by atoms with Gasteiger partial charge in [0.1, 0.15) is 5.60 Å². The van der Waals surface area contributed by atoms with Crippen LogP contribution in [0.2, 0.25) is 0 Å². The first-order valence-electron chi connectivity index (χ1n) is 17.0. The van der Waals surface area contributed by atoms with E-state index in [-0.39, 0.29) is 23.8 Å². The molecule has 1 aromatic rings. The molecule has 0 radical (unpaired) electrons. The average molecular weight is 625 g/mol. The summed E-state index contributed by atoms with van der Waals surface area (Å²) >= 11 is 0. The largest absolute Gasteiger partial charge is 0.444 e. The van der Waals surface area contributed by atoms with Crippen LogP contribution < -0.4 is 10.6 Å². The van der Waals surface area contributed by atoms with Gasteiger partial charge in [0.2, 0.25) is 11.8 Å². The van der Waals surface area contributed by atoms with Gasteiger partial charge >= 0.3 is 6.09 Å². The first-order chi connectivity index (χ1) is 21.3. The highest BCUT2D eigenvalue weighted by molar-refractivity contribution is 6.00. The molecule has 250 valence electrons. The van der Waals surface area contributed by atoms with E-state index in [1.54, 1.807) is 0 Å². The lowest BCUT2D eigenvalue weighted by atomic mass is 9.84. The van der Waals surface area contributed by atoms with Crippen LogP contribution >= 0.6 is 0 Å². The number of hydrogen-bond donors (Lipinski definition) is 2. The normalized spacial score (nSPS) is 23.5. The van der Waals surface area contributed by atoms with E-state index < -0.39 is 17.2 Å². The molecule has 0 aliphatic carbocycles. The van der Waals surface area contributed by atoms with E-state index in [4.69, 9.17) is 9.47 Å². The van der Waals surface area contributed by atoms with Gasteiger partial charge in [-0.05, 0) is 94.9 Å². The Balaban J connectivity index is 1.36. The minimum absolute atomic E-state index is 0.192. The fourth-order valence-electron chi connectivity index (χ4n) is 6.71. The van der Waals surface area contributed by atoms with Gasteiger partial charge in [0.15, 0.2) is 0 Å². The van der Waals surface area contributed by atoms with E-state index in [0.717, 1.165) is 37.9 Å². The lowest BCUT2D eigenvalue weighted by Crippen LogP contribution is -2.52. The van der Waals surface area contributed by atoms with Crippen LogP contribution in [0.5, 0.6) is 0 Å². The van der Waals surface area contributed by atoms with Crippen molar-refractivity contribution in [1.29, 1.82) is 0 Å². The maximum Gasteiger partial charge on any atom is 0.410 e. The van der Waals surface area contributed by atoms with Crippen molar-refractivity contribution in [2.45, 2.75) is 122 Å². The number of nitrogens with one attached hydrogen (secondary N) is 2. The van der Waals surface area contributed by atoms with E-state index in [1.807, 2.05) is 25.7 Å². The molecule has 0 saturated carbocycles. The standard InChI is InChI=1S/C36H56N4O5/c1-25(2)36(7,26(3)22-37-31-15-16-32(41)38-33(31)42)44-24-29-13-10-11-19-40(29)23-28-12-8-9-14-30(28)27-17-20-39(21-18-27)34(43)45-35(4,5)6/h8-9,12,14,25,27,29,31,37H,3,10-11,13,15-24H2,1-2,4-7H3,(H,38,41,42)/t29-,31?,36?/m1/s1. The number of nitrogens with zero attached hydrogens (tertiary/aromatic N) is 2. The molecule has 4 rings (SSSR count). The van der Waals surface area contributed by atoms with Crippen LogP contribution in [0.15, 0.2) is 36.4 Å². The summed E-state index contributed by atoms with van der Waals surface area (Å²) < 4.78 is 12.4. The van der Waals surface area contributed by atoms with Gasteiger partial charge in [0.25, 0.3) is 0 Å². The summed E-state index contributed by atoms with van der Waals surface area (Å²) in [6.07, 6.45) is 5.95. The van der Waals surface area contributed by atoms with E-state index in [2.05, 4.69) is 67.1 Å². The number of ether oxygens (including phenoxy) is 2. The molecule has 3 aliphatic heterocycles. The van der Waals surface area contributed by atoms with Crippen molar-refractivity contribution in [2.24, 2.45) is 5.92 Å². The highest BCUT2D eigenvalue weighted by Gasteiger charge is 2.36. The second kappa shape index (κ2) is 15.2. The van der Waals surface area contributed by atoms with Crippen LogP contribution in [0.25, 0.3) is 0 Å². The van der Waals surface area contributed by atoms with Crippen molar-refractivity contribution in [1.82, 2.24) is 20.4 Å². The molecule has 9 nitrogen and oxygen atoms in total. The number of piperidine rings is 3. The molecular formula is C36H56N4O5. The zero-order valence-electron chi connectivity index (χ0n) is 28.5. The van der Waals surface area contributed by atoms with Gasteiger partial charge in [-0.2, -0.15) is 0 Å². The predicted octanol–water partition coefficient (Wildman–Crippen LogP) is 5.54. The Morgan fingerprint density at radius 2 is 1.76 bits per heavy atom. The number of amides is 3. The number of carbonyl (C=O) groups excluding carboxylic acids is 3. The van der Waals surface area contributed by atoms with Crippen molar-refractivity contribution in [3.05, 3.63) is 47.5 Å². The van der Waals surface area contributed by atoms with Crippen molar-refractivity contribution < 1.29 is 23.9 Å². The first-order valence-corrected chi connectivity index (χ1v) is 17.0. The molecule has 1 aromatic carbocycles. The highest BCUT2D eigenvalue weighted by atomic mass is 16.6. The van der Waals surface area contributed by atoms with Crippen molar-refractivity contribution >= 4 is 17.9 Å². The van der Waals surface area contributed by atoms with Gasteiger partial charge in [-0.1, -0.05) is 51.1 Å². The van der Waals surface area contributed by atoms with Crippen molar-refractivity contribution in [3.8, 4) is 0 Å². The monoisotopic (exact) mass is 624 g/mol. The zero-order chi connectivity index (χ0) is 32.8. The lowest BCUT2D eigenvalue weighted by Gasteiger charge is -2.42. The number of imide groups is 1. The summed E-state index contributed by atoms with van der Waals surface area (Å²) in [6, 6.07) is 8.72. The Kier molecular flexibility index (Phi) is 11.9. The molecule has 3 amide bonds. The van der Waals surface area contributed by atoms with E-state index in [9.17, 15) is 14.4 Å². The third kappa shape index (κ3) is 9.39. The number of hydrogen-bond acceptors (Lipinski definition) is 7. The summed E-state index contributed by atoms with van der Waals surface area (Å²) in [6.45, 7) is 20.9. The Hall–Kier alpha value is -2.75. The molecule has 45 heavy (non-hydrogen) atoms. The van der Waals surface area contributed by atoms with Gasteiger partial charge < -0.3 is 19.7 Å². The SMILES string of the molecule is C=C(CNC1CCC(=O)NC1=O)C(C)(OC[C@H]1CCCCN1Cc1ccccc1C1CCN(C(=O)OC(C)(C)C)CC1)C(C)C. The molecule has 2 unspecified atom stereocenters. The van der Waals surface area contributed by atoms with Crippen LogP contribution in [-0.4, -0.2) is 83.8 Å². The quantitative estimate of drug-likeness (QED) is 0.246. The third-order valence-electron chi connectivity index (χ3n) is 9.94. The molecule has 3 atom stereocenters. The van der Waals surface area contributed by atoms with Crippen LogP contribution in [0.1, 0.15) is 104 Å². The summed E-state index contributed by atoms with van der Waals surface area (Å²) in [5, 5.41) is 5.72. The predicted molar refractivity (Wildman–Crippen MR) is 177 cm³/mol. The number of likely N-dealkylation sites (tertiary alicyclic amines) is 2. The number of carbonyl (C=O) groups is 3. The van der Waals surface area contributed by atoms with Gasteiger partial charge in [-0.25, -0.2) is 4.79 Å². The van der Waals surface area contributed by atoms with E-state index in [0.29, 0.717) is 51.0 Å². The minimum Gasteiger partial charge on any atom is -0.444 e. The van der Waals surface area contributed by atoms with Crippen LogP contribution in [0.4, 0.5) is 4.79 Å². The smallest absolute Gasteiger partial charge is 0.410 e. The Morgan fingerprint density at radius 3 is 2.42 bits per heavy atom. The summed E-state index contributed by atoms with van der Waals surface area (Å²) in [7, 11) is 0. The van der Waals surface area contributed by atoms with Crippen LogP contribution in [-0.2, 0) is 25.6 Å². The Morgan fingerprint density at radius 1 is 1.04 bits per heavy atom. The summed E-state index contributed by atoms with van der Waals surface area (Å²) in [4.78, 5) is 40.8. The van der Waals surface area contributed by atoms with Crippen molar-refractivity contribution in [3.63, 3.8) is 0 Å². The molecule has 0 bridgehead atoms. The molecule has 3 heterocycles. The van der Waals surface area contributed by atoms with Gasteiger partial charge in [0, 0.05) is 38.6 Å². The molecule has 3 fully saturated rings. The lowest BCUT2D eigenvalue weighted by molar-refractivity contribution is -0.134. The fourth-order valence-corrected chi connectivity index (χ4v) is 6.71. The second-order valence-electron chi connectivity index (χ2n) is 14.6. The molecule has 2 N–H and O–H groups in total. The molecule has 0 aromatic heterocycles.